The third kappa shape index (κ3) is 6.58. The second kappa shape index (κ2) is 14.0. The highest BCUT2D eigenvalue weighted by atomic mass is 14.1. The lowest BCUT2D eigenvalue weighted by molar-refractivity contribution is 1.45. The van der Waals surface area contributed by atoms with Crippen LogP contribution in [0.3, 0.4) is 0 Å². The number of hydrogen-bond donors (Lipinski definition) is 0. The lowest BCUT2D eigenvalue weighted by atomic mass is 9.93. The molecule has 0 saturated heterocycles. The Bertz CT molecular complexity index is 609. The molecular formula is C25H34. The molecule has 0 fully saturated rings. The van der Waals surface area contributed by atoms with E-state index in [0.717, 1.165) is 0 Å². The van der Waals surface area contributed by atoms with Crippen LogP contribution in [0.25, 0.3) is 22.3 Å². The van der Waals surface area contributed by atoms with Gasteiger partial charge in [-0.15, -0.1) is 0 Å². The maximum atomic E-state index is 2.20. The van der Waals surface area contributed by atoms with Crippen molar-refractivity contribution in [1.82, 2.24) is 0 Å². The average Bonchev–Trinajstić information content (AvgIpc) is 2.74. The molecule has 0 aliphatic rings. The molecule has 0 radical (unpaired) electrons. The Balaban J connectivity index is 0.000000871. The summed E-state index contributed by atoms with van der Waals surface area (Å²) in [6.07, 6.45) is 0. The molecule has 0 amide bonds. The van der Waals surface area contributed by atoms with Crippen molar-refractivity contribution in [2.75, 3.05) is 0 Å². The third-order valence-electron chi connectivity index (χ3n) is 3.50. The zero-order chi connectivity index (χ0) is 19.1. The average molecular weight is 335 g/mol. The summed E-state index contributed by atoms with van der Waals surface area (Å²) in [4.78, 5) is 0. The fourth-order valence-electron chi connectivity index (χ4n) is 2.50. The molecule has 0 heteroatoms. The summed E-state index contributed by atoms with van der Waals surface area (Å²) >= 11 is 0. The zero-order valence-electron chi connectivity index (χ0n) is 17.0. The number of benzene rings is 3. The van der Waals surface area contributed by atoms with E-state index in [9.17, 15) is 0 Å². The van der Waals surface area contributed by atoms with Gasteiger partial charge in [-0.3, -0.25) is 0 Å². The highest BCUT2D eigenvalue weighted by Crippen LogP contribution is 2.31. The van der Waals surface area contributed by atoms with Crippen LogP contribution in [-0.2, 0) is 0 Å². The lowest BCUT2D eigenvalue weighted by Gasteiger charge is -2.11. The van der Waals surface area contributed by atoms with E-state index in [1.54, 1.807) is 0 Å². The molecular weight excluding hydrogens is 300 g/mol. The van der Waals surface area contributed by atoms with E-state index in [0.29, 0.717) is 0 Å². The third-order valence-corrected chi connectivity index (χ3v) is 3.50. The van der Waals surface area contributed by atoms with E-state index < -0.39 is 0 Å². The predicted molar refractivity (Wildman–Crippen MR) is 116 cm³/mol. The molecule has 0 spiro atoms. The summed E-state index contributed by atoms with van der Waals surface area (Å²) in [5, 5.41) is 0. The number of rotatable bonds is 2. The molecule has 0 nitrogen and oxygen atoms in total. The summed E-state index contributed by atoms with van der Waals surface area (Å²) < 4.78 is 0. The first-order chi connectivity index (χ1) is 12.4. The summed E-state index contributed by atoms with van der Waals surface area (Å²) in [7, 11) is 0. The van der Waals surface area contributed by atoms with Crippen molar-refractivity contribution in [2.24, 2.45) is 0 Å². The molecule has 0 aromatic heterocycles. The van der Waals surface area contributed by atoms with Gasteiger partial charge in [0.2, 0.25) is 0 Å². The van der Waals surface area contributed by atoms with Crippen molar-refractivity contribution >= 4 is 0 Å². The van der Waals surface area contributed by atoms with Crippen LogP contribution in [0.4, 0.5) is 0 Å². The van der Waals surface area contributed by atoms with Gasteiger partial charge in [0, 0.05) is 0 Å². The first-order valence-electron chi connectivity index (χ1n) is 9.57. The Kier molecular flexibility index (Phi) is 12.7. The molecule has 3 rings (SSSR count). The van der Waals surface area contributed by atoms with E-state index in [2.05, 4.69) is 85.8 Å². The van der Waals surface area contributed by atoms with Gasteiger partial charge >= 0.3 is 0 Å². The van der Waals surface area contributed by atoms with Gasteiger partial charge < -0.3 is 0 Å². The predicted octanol–water partition coefficient (Wildman–Crippen LogP) is 8.41. The SMILES string of the molecule is CC.CC.CC.Cc1c(-c2ccccc2)cccc1-c1ccccc1. The fraction of sp³-hybridized carbons (Fsp3) is 0.280. The molecule has 0 bridgehead atoms. The standard InChI is InChI=1S/C19H16.3C2H6/c1-15-18(16-9-4-2-5-10-16)13-8-14-19(15)17-11-6-3-7-12-17;3*1-2/h2-14H,1H3;3*1-2H3. The summed E-state index contributed by atoms with van der Waals surface area (Å²) in [6.45, 7) is 14.2. The minimum atomic E-state index is 1.28. The van der Waals surface area contributed by atoms with Crippen LogP contribution in [0, 0.1) is 6.92 Å². The second-order valence-electron chi connectivity index (χ2n) is 4.71. The Morgan fingerprint density at radius 1 is 0.400 bits per heavy atom. The van der Waals surface area contributed by atoms with Crippen molar-refractivity contribution in [1.29, 1.82) is 0 Å². The van der Waals surface area contributed by atoms with E-state index in [1.165, 1.54) is 27.8 Å². The van der Waals surface area contributed by atoms with Gasteiger partial charge in [-0.05, 0) is 34.7 Å². The highest BCUT2D eigenvalue weighted by Gasteiger charge is 2.06. The Morgan fingerprint density at radius 3 is 1.04 bits per heavy atom. The fourth-order valence-corrected chi connectivity index (χ4v) is 2.50. The quantitative estimate of drug-likeness (QED) is 0.441. The van der Waals surface area contributed by atoms with E-state index >= 15 is 0 Å². The van der Waals surface area contributed by atoms with Gasteiger partial charge in [0.15, 0.2) is 0 Å². The van der Waals surface area contributed by atoms with Crippen molar-refractivity contribution in [3.8, 4) is 22.3 Å². The topological polar surface area (TPSA) is 0 Å². The van der Waals surface area contributed by atoms with Gasteiger partial charge in [0.1, 0.15) is 0 Å². The number of hydrogen-bond acceptors (Lipinski definition) is 0. The van der Waals surface area contributed by atoms with Crippen LogP contribution >= 0.6 is 0 Å². The summed E-state index contributed by atoms with van der Waals surface area (Å²) in [6, 6.07) is 27.6. The van der Waals surface area contributed by atoms with Crippen LogP contribution in [0.15, 0.2) is 78.9 Å². The van der Waals surface area contributed by atoms with E-state index in [1.807, 2.05) is 41.5 Å². The minimum Gasteiger partial charge on any atom is -0.0683 e. The highest BCUT2D eigenvalue weighted by molar-refractivity contribution is 5.78. The van der Waals surface area contributed by atoms with Gasteiger partial charge in [-0.2, -0.15) is 0 Å². The van der Waals surface area contributed by atoms with Gasteiger partial charge in [0.05, 0.1) is 0 Å². The lowest BCUT2D eigenvalue weighted by Crippen LogP contribution is -1.87. The summed E-state index contributed by atoms with van der Waals surface area (Å²) in [5.41, 5.74) is 6.50. The molecule has 0 N–H and O–H groups in total. The molecule has 25 heavy (non-hydrogen) atoms. The van der Waals surface area contributed by atoms with Crippen LogP contribution in [0.5, 0.6) is 0 Å². The molecule has 0 aliphatic heterocycles. The van der Waals surface area contributed by atoms with Crippen LogP contribution in [-0.4, -0.2) is 0 Å². The van der Waals surface area contributed by atoms with Gasteiger partial charge in [-0.1, -0.05) is 120 Å². The first-order valence-corrected chi connectivity index (χ1v) is 9.57. The Labute approximate surface area is 155 Å². The normalized spacial score (nSPS) is 8.60. The minimum absolute atomic E-state index is 1.28. The maximum Gasteiger partial charge on any atom is -0.0149 e. The van der Waals surface area contributed by atoms with Crippen LogP contribution in [0.1, 0.15) is 47.1 Å². The Hall–Kier alpha value is -2.34. The monoisotopic (exact) mass is 334 g/mol. The first kappa shape index (κ1) is 22.7. The molecule has 3 aromatic rings. The Morgan fingerprint density at radius 2 is 0.720 bits per heavy atom. The molecule has 0 saturated carbocycles. The van der Waals surface area contributed by atoms with Crippen molar-refractivity contribution in [3.63, 3.8) is 0 Å². The summed E-state index contributed by atoms with van der Waals surface area (Å²) in [5.74, 6) is 0. The molecule has 0 unspecified atom stereocenters. The smallest absolute Gasteiger partial charge is 0.0149 e. The largest absolute Gasteiger partial charge is 0.0683 e. The molecule has 0 aliphatic carbocycles. The molecule has 0 heterocycles. The second-order valence-corrected chi connectivity index (χ2v) is 4.71. The molecule has 3 aromatic carbocycles. The van der Waals surface area contributed by atoms with Crippen molar-refractivity contribution in [2.45, 2.75) is 48.5 Å². The van der Waals surface area contributed by atoms with Gasteiger partial charge in [0.25, 0.3) is 0 Å². The van der Waals surface area contributed by atoms with Crippen LogP contribution < -0.4 is 0 Å². The van der Waals surface area contributed by atoms with E-state index in [4.69, 9.17) is 0 Å². The molecule has 0 atom stereocenters. The van der Waals surface area contributed by atoms with E-state index in [-0.39, 0.29) is 0 Å². The maximum absolute atomic E-state index is 2.20. The van der Waals surface area contributed by atoms with Crippen LogP contribution in [0.2, 0.25) is 0 Å². The van der Waals surface area contributed by atoms with Crippen molar-refractivity contribution < 1.29 is 0 Å². The molecule has 134 valence electrons. The van der Waals surface area contributed by atoms with Crippen molar-refractivity contribution in [3.05, 3.63) is 84.4 Å². The van der Waals surface area contributed by atoms with Gasteiger partial charge in [-0.25, -0.2) is 0 Å². The zero-order valence-corrected chi connectivity index (χ0v) is 17.0.